The summed E-state index contributed by atoms with van der Waals surface area (Å²) >= 11 is 0. The molecule has 0 spiro atoms. The molecule has 4 nitrogen and oxygen atoms in total. The predicted octanol–water partition coefficient (Wildman–Crippen LogP) is -0.0642. The van der Waals surface area contributed by atoms with E-state index in [4.69, 9.17) is 11.5 Å². The Morgan fingerprint density at radius 3 is 1.43 bits per heavy atom. The minimum atomic E-state index is -0.671. The van der Waals surface area contributed by atoms with Crippen LogP contribution in [0.3, 0.4) is 0 Å². The van der Waals surface area contributed by atoms with Crippen molar-refractivity contribution in [3.8, 4) is 0 Å². The molecule has 0 saturated heterocycles. The van der Waals surface area contributed by atoms with Crippen molar-refractivity contribution in [2.75, 3.05) is 0 Å². The number of carbonyl (C=O) groups excluding carboxylic acids is 2. The lowest BCUT2D eigenvalue weighted by Gasteiger charge is -2.04. The molecule has 0 aromatic carbocycles. The second-order valence-corrected chi connectivity index (χ2v) is 2.66. The van der Waals surface area contributed by atoms with E-state index in [2.05, 4.69) is 0 Å². The third-order valence-electron chi connectivity index (χ3n) is 1.68. The van der Waals surface area contributed by atoms with Gasteiger partial charge in [0.25, 0.3) is 0 Å². The first-order chi connectivity index (χ1) is 6.63. The van der Waals surface area contributed by atoms with Crippen LogP contribution in [-0.4, -0.2) is 11.8 Å². The molecule has 0 aliphatic heterocycles. The van der Waals surface area contributed by atoms with Crippen LogP contribution in [0.2, 0.25) is 0 Å². The van der Waals surface area contributed by atoms with Crippen molar-refractivity contribution in [3.05, 3.63) is 47.6 Å². The lowest BCUT2D eigenvalue weighted by Crippen LogP contribution is -2.23. The molecule has 0 fully saturated rings. The second kappa shape index (κ2) is 4.23. The normalized spacial score (nSPS) is 19.7. The first kappa shape index (κ1) is 9.98. The fourth-order valence-electron chi connectivity index (χ4n) is 1.04. The molecule has 4 N–H and O–H groups in total. The molecule has 0 aromatic heterocycles. The maximum Gasteiger partial charge on any atom is 0.249 e. The van der Waals surface area contributed by atoms with Crippen LogP contribution in [0.1, 0.15) is 0 Å². The molecule has 0 heterocycles. The van der Waals surface area contributed by atoms with Gasteiger partial charge < -0.3 is 11.5 Å². The third kappa shape index (κ3) is 2.20. The molecule has 72 valence electrons. The molecule has 1 aliphatic carbocycles. The molecule has 2 amide bonds. The van der Waals surface area contributed by atoms with Gasteiger partial charge in [0.05, 0.1) is 11.1 Å². The van der Waals surface area contributed by atoms with E-state index in [1.54, 1.807) is 24.3 Å². The second-order valence-electron chi connectivity index (χ2n) is 2.66. The van der Waals surface area contributed by atoms with Gasteiger partial charge in [-0.25, -0.2) is 0 Å². The summed E-state index contributed by atoms with van der Waals surface area (Å²) < 4.78 is 0. The highest BCUT2D eigenvalue weighted by molar-refractivity contribution is 6.10. The Balaban J connectivity index is 3.19. The highest BCUT2D eigenvalue weighted by atomic mass is 16.2. The van der Waals surface area contributed by atoms with E-state index >= 15 is 0 Å². The maximum atomic E-state index is 11.0. The molecule has 0 unspecified atom stereocenters. The molecule has 1 rings (SSSR count). The average Bonchev–Trinajstić information content (AvgIpc) is 2.01. The largest absolute Gasteiger partial charge is 0.366 e. The van der Waals surface area contributed by atoms with Crippen LogP contribution >= 0.6 is 0 Å². The molecule has 0 aromatic rings. The standard InChI is InChI=1S/C10H10N2O2/c11-9(13)7-5-3-1-2-4-6-8(7)10(12)14/h1-6H,(H2,11,13)(H2,12,14)/b2-1?,3-1-,4-2-,5-3?,6-4?,7-5?,8-6?,8-7?. The van der Waals surface area contributed by atoms with Crippen LogP contribution in [0.5, 0.6) is 0 Å². The average molecular weight is 190 g/mol. The Kier molecular flexibility index (Phi) is 3.01. The van der Waals surface area contributed by atoms with Crippen molar-refractivity contribution < 1.29 is 9.59 Å². The Hall–Kier alpha value is -2.10. The Morgan fingerprint density at radius 2 is 1.14 bits per heavy atom. The van der Waals surface area contributed by atoms with Crippen molar-refractivity contribution in [2.24, 2.45) is 11.5 Å². The molecular formula is C10H10N2O2. The molecule has 0 saturated carbocycles. The van der Waals surface area contributed by atoms with Crippen LogP contribution in [-0.2, 0) is 9.59 Å². The minimum Gasteiger partial charge on any atom is -0.366 e. The van der Waals surface area contributed by atoms with Gasteiger partial charge in [0.2, 0.25) is 11.8 Å². The summed E-state index contributed by atoms with van der Waals surface area (Å²) in [6, 6.07) is 0. The lowest BCUT2D eigenvalue weighted by molar-refractivity contribution is -0.117. The van der Waals surface area contributed by atoms with Gasteiger partial charge in [-0.05, 0) is 12.2 Å². The van der Waals surface area contributed by atoms with Crippen molar-refractivity contribution in [1.29, 1.82) is 0 Å². The molecule has 0 atom stereocenters. The summed E-state index contributed by atoms with van der Waals surface area (Å²) in [7, 11) is 0. The van der Waals surface area contributed by atoms with Gasteiger partial charge in [-0.2, -0.15) is 0 Å². The number of hydrogen-bond acceptors (Lipinski definition) is 2. The molecule has 14 heavy (non-hydrogen) atoms. The number of rotatable bonds is 2. The zero-order valence-electron chi connectivity index (χ0n) is 7.44. The van der Waals surface area contributed by atoms with Crippen molar-refractivity contribution in [2.45, 2.75) is 0 Å². The topological polar surface area (TPSA) is 86.2 Å². The molecular weight excluding hydrogens is 180 g/mol. The van der Waals surface area contributed by atoms with E-state index in [0.717, 1.165) is 0 Å². The Morgan fingerprint density at radius 1 is 0.786 bits per heavy atom. The van der Waals surface area contributed by atoms with Gasteiger partial charge in [0, 0.05) is 0 Å². The van der Waals surface area contributed by atoms with Crippen molar-refractivity contribution in [1.82, 2.24) is 0 Å². The summed E-state index contributed by atoms with van der Waals surface area (Å²) in [4.78, 5) is 22.0. The molecule has 4 heteroatoms. The van der Waals surface area contributed by atoms with E-state index in [1.807, 2.05) is 0 Å². The number of nitrogens with two attached hydrogens (primary N) is 2. The highest BCUT2D eigenvalue weighted by Crippen LogP contribution is 2.11. The van der Waals surface area contributed by atoms with Gasteiger partial charge in [-0.15, -0.1) is 0 Å². The van der Waals surface area contributed by atoms with Gasteiger partial charge >= 0.3 is 0 Å². The monoisotopic (exact) mass is 190 g/mol. The van der Waals surface area contributed by atoms with E-state index < -0.39 is 11.8 Å². The molecule has 0 radical (unpaired) electrons. The summed E-state index contributed by atoms with van der Waals surface area (Å²) in [5.41, 5.74) is 10.5. The van der Waals surface area contributed by atoms with Gasteiger partial charge in [-0.3, -0.25) is 9.59 Å². The first-order valence-electron chi connectivity index (χ1n) is 3.98. The number of hydrogen-bond donors (Lipinski definition) is 2. The van der Waals surface area contributed by atoms with Gasteiger partial charge in [0.15, 0.2) is 0 Å². The van der Waals surface area contributed by atoms with Crippen molar-refractivity contribution >= 4 is 11.8 Å². The van der Waals surface area contributed by atoms with Crippen LogP contribution < -0.4 is 11.5 Å². The zero-order chi connectivity index (χ0) is 10.6. The fraction of sp³-hybridized carbons (Fsp3) is 0. The number of allylic oxidation sites excluding steroid dienone is 6. The lowest BCUT2D eigenvalue weighted by atomic mass is 10.0. The highest BCUT2D eigenvalue weighted by Gasteiger charge is 2.15. The fourth-order valence-corrected chi connectivity index (χ4v) is 1.04. The first-order valence-corrected chi connectivity index (χ1v) is 3.98. The van der Waals surface area contributed by atoms with Crippen LogP contribution in [0.4, 0.5) is 0 Å². The zero-order valence-corrected chi connectivity index (χ0v) is 7.44. The minimum absolute atomic E-state index is 0.123. The molecule has 1 aliphatic rings. The summed E-state index contributed by atoms with van der Waals surface area (Å²) in [6.07, 6.45) is 9.60. The number of amides is 2. The van der Waals surface area contributed by atoms with Crippen molar-refractivity contribution in [3.63, 3.8) is 0 Å². The molecule has 0 bridgehead atoms. The van der Waals surface area contributed by atoms with E-state index in [0.29, 0.717) is 0 Å². The third-order valence-corrected chi connectivity index (χ3v) is 1.68. The smallest absolute Gasteiger partial charge is 0.249 e. The Bertz CT molecular complexity index is 349. The quantitative estimate of drug-likeness (QED) is 0.638. The van der Waals surface area contributed by atoms with Crippen LogP contribution in [0.25, 0.3) is 0 Å². The van der Waals surface area contributed by atoms with Crippen LogP contribution in [0, 0.1) is 0 Å². The summed E-state index contributed by atoms with van der Waals surface area (Å²) in [5.74, 6) is -1.34. The van der Waals surface area contributed by atoms with E-state index in [-0.39, 0.29) is 11.1 Å². The number of carbonyl (C=O) groups is 2. The van der Waals surface area contributed by atoms with Gasteiger partial charge in [-0.1, -0.05) is 24.3 Å². The SMILES string of the molecule is NC(=O)C1=C/C=C\C=C/C=C1C(N)=O. The number of primary amides is 2. The summed E-state index contributed by atoms with van der Waals surface area (Å²) in [6.45, 7) is 0. The van der Waals surface area contributed by atoms with Crippen LogP contribution in [0.15, 0.2) is 47.6 Å². The van der Waals surface area contributed by atoms with E-state index in [1.165, 1.54) is 12.2 Å². The summed E-state index contributed by atoms with van der Waals surface area (Å²) in [5, 5.41) is 0. The van der Waals surface area contributed by atoms with Gasteiger partial charge in [0.1, 0.15) is 0 Å². The van der Waals surface area contributed by atoms with E-state index in [9.17, 15) is 9.59 Å². The Labute approximate surface area is 81.3 Å². The predicted molar refractivity (Wildman–Crippen MR) is 52.8 cm³/mol. The maximum absolute atomic E-state index is 11.0.